The molecule has 1 aliphatic rings. The molecule has 9 heteroatoms. The van der Waals surface area contributed by atoms with Crippen LogP contribution >= 0.6 is 11.8 Å². The monoisotopic (exact) mass is 429 g/mol. The van der Waals surface area contributed by atoms with E-state index in [1.807, 2.05) is 0 Å². The summed E-state index contributed by atoms with van der Waals surface area (Å²) >= 11 is 0.831. The molecule has 1 aliphatic heterocycles. The molecule has 8 nitrogen and oxygen atoms in total. The van der Waals surface area contributed by atoms with E-state index >= 15 is 0 Å². The van der Waals surface area contributed by atoms with E-state index in [4.69, 9.17) is 19.3 Å². The van der Waals surface area contributed by atoms with Crippen LogP contribution < -0.4 is 19.1 Å². The number of amides is 2. The van der Waals surface area contributed by atoms with Gasteiger partial charge in [0.1, 0.15) is 5.75 Å². The number of nitrogens with zero attached hydrogens (tertiary/aromatic N) is 1. The third kappa shape index (κ3) is 4.41. The van der Waals surface area contributed by atoms with Crippen LogP contribution in [0.4, 0.5) is 10.5 Å². The Labute approximate surface area is 177 Å². The van der Waals surface area contributed by atoms with Crippen LogP contribution in [0.5, 0.6) is 17.2 Å². The van der Waals surface area contributed by atoms with Crippen molar-refractivity contribution in [2.45, 2.75) is 13.0 Å². The molecule has 1 fully saturated rings. The highest BCUT2D eigenvalue weighted by molar-refractivity contribution is 8.19. The summed E-state index contributed by atoms with van der Waals surface area (Å²) in [7, 11) is 2.96. The van der Waals surface area contributed by atoms with Gasteiger partial charge in [0.15, 0.2) is 17.6 Å². The van der Waals surface area contributed by atoms with Crippen molar-refractivity contribution >= 4 is 40.6 Å². The van der Waals surface area contributed by atoms with Gasteiger partial charge in [0.25, 0.3) is 11.1 Å². The molecule has 1 unspecified atom stereocenters. The molecule has 2 aromatic rings. The quantitative estimate of drug-likeness (QED) is 0.663. The zero-order valence-electron chi connectivity index (χ0n) is 16.4. The summed E-state index contributed by atoms with van der Waals surface area (Å²) in [6.45, 7) is 1.41. The Morgan fingerprint density at radius 2 is 1.77 bits per heavy atom. The van der Waals surface area contributed by atoms with Gasteiger partial charge in [0, 0.05) is 0 Å². The standard InChI is InChI=1S/C21H19NO7S/c1-12(20(24)25)29-16-9-4-13(10-17(16)28-3)11-18-19(23)22(21(26)30-18)14-5-7-15(27-2)8-6-14/h4-12H,1-3H3,(H,24,25)/b18-11+. The number of anilines is 1. The number of carboxylic acid groups (broad SMARTS) is 1. The highest BCUT2D eigenvalue weighted by atomic mass is 32.2. The first-order valence-corrected chi connectivity index (χ1v) is 9.65. The summed E-state index contributed by atoms with van der Waals surface area (Å²) in [6.07, 6.45) is 0.521. The Bertz CT molecular complexity index is 1020. The molecule has 3 rings (SSSR count). The van der Waals surface area contributed by atoms with Crippen LogP contribution in [0.3, 0.4) is 0 Å². The molecule has 2 amide bonds. The number of carboxylic acids is 1. The van der Waals surface area contributed by atoms with E-state index in [1.54, 1.807) is 48.5 Å². The lowest BCUT2D eigenvalue weighted by molar-refractivity contribution is -0.144. The van der Waals surface area contributed by atoms with Crippen molar-refractivity contribution < 1.29 is 33.7 Å². The zero-order chi connectivity index (χ0) is 21.8. The van der Waals surface area contributed by atoms with E-state index in [2.05, 4.69) is 0 Å². The fraction of sp³-hybridized carbons (Fsp3) is 0.190. The van der Waals surface area contributed by atoms with Crippen LogP contribution in [0.25, 0.3) is 6.08 Å². The number of rotatable bonds is 7. The number of methoxy groups -OCH3 is 2. The SMILES string of the molecule is COc1ccc(N2C(=O)S/C(=C/c3ccc(OC(C)C(=O)O)c(OC)c3)C2=O)cc1. The van der Waals surface area contributed by atoms with Gasteiger partial charge in [0.2, 0.25) is 0 Å². The Morgan fingerprint density at radius 3 is 2.37 bits per heavy atom. The van der Waals surface area contributed by atoms with Crippen molar-refractivity contribution in [2.24, 2.45) is 0 Å². The second-order valence-corrected chi connectivity index (χ2v) is 7.22. The van der Waals surface area contributed by atoms with E-state index < -0.39 is 23.2 Å². The van der Waals surface area contributed by atoms with Gasteiger partial charge >= 0.3 is 5.97 Å². The van der Waals surface area contributed by atoms with Crippen molar-refractivity contribution in [1.82, 2.24) is 0 Å². The smallest absolute Gasteiger partial charge is 0.344 e. The molecule has 0 aliphatic carbocycles. The summed E-state index contributed by atoms with van der Waals surface area (Å²) in [5, 5.41) is 8.59. The molecule has 2 aromatic carbocycles. The normalized spacial score (nSPS) is 16.0. The van der Waals surface area contributed by atoms with Gasteiger partial charge in [-0.15, -0.1) is 0 Å². The first-order chi connectivity index (χ1) is 14.3. The number of carbonyl (C=O) groups is 3. The first kappa shape index (κ1) is 21.3. The average Bonchev–Trinajstić information content (AvgIpc) is 3.01. The Balaban J connectivity index is 1.85. The molecule has 1 atom stereocenters. The Kier molecular flexibility index (Phi) is 6.31. The topological polar surface area (TPSA) is 102 Å². The lowest BCUT2D eigenvalue weighted by Crippen LogP contribution is -2.27. The highest BCUT2D eigenvalue weighted by Gasteiger charge is 2.36. The second kappa shape index (κ2) is 8.91. The molecular weight excluding hydrogens is 410 g/mol. The van der Waals surface area contributed by atoms with Crippen LogP contribution in [0, 0.1) is 0 Å². The Morgan fingerprint density at radius 1 is 1.07 bits per heavy atom. The molecule has 156 valence electrons. The predicted molar refractivity (Wildman–Crippen MR) is 112 cm³/mol. The number of benzene rings is 2. The first-order valence-electron chi connectivity index (χ1n) is 8.83. The fourth-order valence-corrected chi connectivity index (χ4v) is 3.53. The van der Waals surface area contributed by atoms with E-state index in [9.17, 15) is 14.4 Å². The van der Waals surface area contributed by atoms with Crippen molar-refractivity contribution in [2.75, 3.05) is 19.1 Å². The van der Waals surface area contributed by atoms with Gasteiger partial charge in [0.05, 0.1) is 24.8 Å². The number of aliphatic carboxylic acids is 1. The summed E-state index contributed by atoms with van der Waals surface area (Å²) in [5.41, 5.74) is 1.05. The van der Waals surface area contributed by atoms with E-state index in [1.165, 1.54) is 21.1 Å². The lowest BCUT2D eigenvalue weighted by atomic mass is 10.1. The molecule has 30 heavy (non-hydrogen) atoms. The van der Waals surface area contributed by atoms with Crippen molar-refractivity contribution in [3.05, 3.63) is 52.9 Å². The van der Waals surface area contributed by atoms with Crippen molar-refractivity contribution in [1.29, 1.82) is 0 Å². The largest absolute Gasteiger partial charge is 0.497 e. The number of thioether (sulfide) groups is 1. The molecular formula is C21H19NO7S. The third-order valence-electron chi connectivity index (χ3n) is 4.26. The summed E-state index contributed by atoms with van der Waals surface area (Å²) in [6, 6.07) is 11.4. The second-order valence-electron chi connectivity index (χ2n) is 6.22. The molecule has 1 saturated heterocycles. The van der Waals surface area contributed by atoms with Crippen LogP contribution in [-0.2, 0) is 9.59 Å². The van der Waals surface area contributed by atoms with E-state index in [0.29, 0.717) is 22.7 Å². The number of ether oxygens (including phenoxy) is 3. The zero-order valence-corrected chi connectivity index (χ0v) is 17.3. The lowest BCUT2D eigenvalue weighted by Gasteiger charge is -2.14. The van der Waals surface area contributed by atoms with Gasteiger partial charge in [-0.25, -0.2) is 9.69 Å². The molecule has 0 aromatic heterocycles. The maximum absolute atomic E-state index is 12.8. The minimum atomic E-state index is -1.10. The van der Waals surface area contributed by atoms with Crippen LogP contribution in [0.15, 0.2) is 47.4 Å². The van der Waals surface area contributed by atoms with E-state index in [-0.39, 0.29) is 10.7 Å². The highest BCUT2D eigenvalue weighted by Crippen LogP contribution is 2.37. The molecule has 0 bridgehead atoms. The van der Waals surface area contributed by atoms with Gasteiger partial charge in [-0.3, -0.25) is 9.59 Å². The van der Waals surface area contributed by atoms with Crippen molar-refractivity contribution in [3.8, 4) is 17.2 Å². The Hall–Kier alpha value is -3.46. The predicted octanol–water partition coefficient (Wildman–Crippen LogP) is 3.80. The van der Waals surface area contributed by atoms with Gasteiger partial charge in [-0.05, 0) is 66.7 Å². The molecule has 1 heterocycles. The minimum Gasteiger partial charge on any atom is -0.497 e. The molecule has 0 spiro atoms. The summed E-state index contributed by atoms with van der Waals surface area (Å²) < 4.78 is 15.7. The number of hydrogen-bond donors (Lipinski definition) is 1. The maximum atomic E-state index is 12.8. The number of hydrogen-bond acceptors (Lipinski definition) is 7. The fourth-order valence-electron chi connectivity index (χ4n) is 2.69. The van der Waals surface area contributed by atoms with Crippen LogP contribution in [-0.4, -0.2) is 42.5 Å². The third-order valence-corrected chi connectivity index (χ3v) is 5.13. The van der Waals surface area contributed by atoms with Crippen molar-refractivity contribution in [3.63, 3.8) is 0 Å². The van der Waals surface area contributed by atoms with Crippen LogP contribution in [0.1, 0.15) is 12.5 Å². The molecule has 0 saturated carbocycles. The summed E-state index contributed by atoms with van der Waals surface area (Å²) in [4.78, 5) is 37.5. The number of imide groups is 1. The minimum absolute atomic E-state index is 0.255. The van der Waals surface area contributed by atoms with E-state index in [0.717, 1.165) is 16.7 Å². The average molecular weight is 429 g/mol. The van der Waals surface area contributed by atoms with Gasteiger partial charge in [-0.1, -0.05) is 6.07 Å². The molecule has 0 radical (unpaired) electrons. The van der Waals surface area contributed by atoms with Gasteiger partial charge in [-0.2, -0.15) is 0 Å². The summed E-state index contributed by atoms with van der Waals surface area (Å²) in [5.74, 6) is -0.350. The molecule has 1 N–H and O–H groups in total. The van der Waals surface area contributed by atoms with Gasteiger partial charge < -0.3 is 19.3 Å². The maximum Gasteiger partial charge on any atom is 0.344 e. The number of carbonyl (C=O) groups excluding carboxylic acids is 2. The van der Waals surface area contributed by atoms with Crippen LogP contribution in [0.2, 0.25) is 0 Å².